The van der Waals surface area contributed by atoms with Crippen molar-refractivity contribution in [2.75, 3.05) is 0 Å². The van der Waals surface area contributed by atoms with Crippen LogP contribution in [0.3, 0.4) is 0 Å². The van der Waals surface area contributed by atoms with E-state index < -0.39 is 0 Å². The lowest BCUT2D eigenvalue weighted by atomic mass is 10.0. The minimum absolute atomic E-state index is 0.164. The van der Waals surface area contributed by atoms with Gasteiger partial charge in [-0.2, -0.15) is 0 Å². The first-order chi connectivity index (χ1) is 13.8. The van der Waals surface area contributed by atoms with E-state index >= 15 is 0 Å². The fourth-order valence-corrected chi connectivity index (χ4v) is 3.81. The van der Waals surface area contributed by atoms with Crippen molar-refractivity contribution in [3.8, 4) is 11.3 Å². The van der Waals surface area contributed by atoms with Crippen LogP contribution < -0.4 is 5.32 Å². The first-order valence-electron chi connectivity index (χ1n) is 9.50. The molecule has 4 heteroatoms. The van der Waals surface area contributed by atoms with Crippen molar-refractivity contribution in [3.05, 3.63) is 94.2 Å². The number of ether oxygens (including phenoxy) is 1. The summed E-state index contributed by atoms with van der Waals surface area (Å²) in [6.07, 6.45) is 5.29. The monoisotopic (exact) mass is 368 g/mol. The number of carbonyl (C=O) groups is 1. The van der Waals surface area contributed by atoms with Gasteiger partial charge in [-0.1, -0.05) is 54.6 Å². The molecular weight excluding hydrogens is 348 g/mol. The third-order valence-electron chi connectivity index (χ3n) is 5.30. The number of carbonyl (C=O) groups excluding carboxylic acids is 1. The predicted octanol–water partition coefficient (Wildman–Crippen LogP) is 4.28. The van der Waals surface area contributed by atoms with E-state index in [1.807, 2.05) is 36.4 Å². The molecule has 1 amide bonds. The molecule has 0 saturated heterocycles. The van der Waals surface area contributed by atoms with Crippen LogP contribution in [-0.4, -0.2) is 10.9 Å². The summed E-state index contributed by atoms with van der Waals surface area (Å²) >= 11 is 0. The molecule has 0 saturated carbocycles. The van der Waals surface area contributed by atoms with E-state index in [2.05, 4.69) is 40.7 Å². The number of hydrogen-bond acceptors (Lipinski definition) is 3. The second-order valence-corrected chi connectivity index (χ2v) is 7.17. The molecule has 0 radical (unpaired) electrons. The fourth-order valence-electron chi connectivity index (χ4n) is 3.81. The Morgan fingerprint density at radius 2 is 1.93 bits per heavy atom. The largest absolute Gasteiger partial charge is 0.372 e. The minimum atomic E-state index is -0.164. The molecule has 0 spiro atoms. The van der Waals surface area contributed by atoms with E-state index in [9.17, 15) is 4.79 Å². The van der Waals surface area contributed by atoms with Crippen LogP contribution in [0.1, 0.15) is 38.3 Å². The van der Waals surface area contributed by atoms with E-state index in [1.54, 1.807) is 0 Å². The molecular formula is C24H20N2O2. The highest BCUT2D eigenvalue weighted by Gasteiger charge is 2.21. The van der Waals surface area contributed by atoms with Crippen molar-refractivity contribution >= 4 is 12.0 Å². The third kappa shape index (κ3) is 3.12. The average molecular weight is 368 g/mol. The topological polar surface area (TPSA) is 51.2 Å². The van der Waals surface area contributed by atoms with Gasteiger partial charge in [-0.05, 0) is 40.8 Å². The molecule has 1 aliphatic heterocycles. The maximum absolute atomic E-state index is 12.8. The highest BCUT2D eigenvalue weighted by Crippen LogP contribution is 2.30. The number of rotatable bonds is 4. The molecule has 28 heavy (non-hydrogen) atoms. The summed E-state index contributed by atoms with van der Waals surface area (Å²) in [6.45, 7) is 1.54. The summed E-state index contributed by atoms with van der Waals surface area (Å²) in [5.74, 6) is -0.164. The van der Waals surface area contributed by atoms with Crippen LogP contribution in [0.25, 0.3) is 17.3 Å². The fraction of sp³-hybridized carbons (Fsp3) is 0.167. The van der Waals surface area contributed by atoms with Crippen LogP contribution in [0.15, 0.2) is 60.7 Å². The first-order valence-corrected chi connectivity index (χ1v) is 9.50. The first kappa shape index (κ1) is 16.9. The molecule has 2 aliphatic rings. The summed E-state index contributed by atoms with van der Waals surface area (Å²) in [5.41, 5.74) is 8.06. The summed E-state index contributed by atoms with van der Waals surface area (Å²) < 4.78 is 5.61. The molecule has 0 unspecified atom stereocenters. The van der Waals surface area contributed by atoms with Gasteiger partial charge < -0.3 is 10.1 Å². The van der Waals surface area contributed by atoms with Crippen LogP contribution in [-0.2, 0) is 30.9 Å². The SMILES string of the molecule is O=C(NCc1ccc2c(c1)C=CC2)c1cc2c(c(-c3ccccc3)n1)COC2. The Bertz CT molecular complexity index is 1090. The van der Waals surface area contributed by atoms with E-state index in [0.29, 0.717) is 25.5 Å². The maximum atomic E-state index is 12.8. The lowest BCUT2D eigenvalue weighted by molar-refractivity contribution is 0.0946. The van der Waals surface area contributed by atoms with Crippen LogP contribution in [0.2, 0.25) is 0 Å². The number of aromatic nitrogens is 1. The van der Waals surface area contributed by atoms with E-state index in [-0.39, 0.29) is 5.91 Å². The number of pyridine rings is 1. The van der Waals surface area contributed by atoms with Gasteiger partial charge in [0.1, 0.15) is 5.69 Å². The van der Waals surface area contributed by atoms with Crippen molar-refractivity contribution in [2.45, 2.75) is 26.2 Å². The highest BCUT2D eigenvalue weighted by molar-refractivity contribution is 5.93. The Hall–Kier alpha value is -3.24. The second-order valence-electron chi connectivity index (χ2n) is 7.17. The third-order valence-corrected chi connectivity index (χ3v) is 5.30. The molecule has 0 fully saturated rings. The summed E-state index contributed by atoms with van der Waals surface area (Å²) in [5, 5.41) is 3.01. The van der Waals surface area contributed by atoms with Crippen molar-refractivity contribution < 1.29 is 9.53 Å². The molecule has 138 valence electrons. The van der Waals surface area contributed by atoms with E-state index in [0.717, 1.165) is 34.4 Å². The summed E-state index contributed by atoms with van der Waals surface area (Å²) in [4.78, 5) is 17.5. The number of hydrogen-bond donors (Lipinski definition) is 1. The zero-order valence-electron chi connectivity index (χ0n) is 15.4. The number of amides is 1. The van der Waals surface area contributed by atoms with Crippen LogP contribution in [0.4, 0.5) is 0 Å². The molecule has 3 aromatic rings. The highest BCUT2D eigenvalue weighted by atomic mass is 16.5. The molecule has 2 aromatic carbocycles. The lowest BCUT2D eigenvalue weighted by Gasteiger charge is -2.11. The number of allylic oxidation sites excluding steroid dienone is 1. The van der Waals surface area contributed by atoms with E-state index in [1.165, 1.54) is 11.1 Å². The summed E-state index contributed by atoms with van der Waals surface area (Å²) in [7, 11) is 0. The van der Waals surface area contributed by atoms with Crippen molar-refractivity contribution in [3.63, 3.8) is 0 Å². The smallest absolute Gasteiger partial charge is 0.270 e. The van der Waals surface area contributed by atoms with Gasteiger partial charge in [-0.3, -0.25) is 4.79 Å². The number of benzene rings is 2. The zero-order valence-corrected chi connectivity index (χ0v) is 15.4. The summed E-state index contributed by atoms with van der Waals surface area (Å²) in [6, 6.07) is 18.2. The van der Waals surface area contributed by atoms with E-state index in [4.69, 9.17) is 4.74 Å². The van der Waals surface area contributed by atoms with Crippen molar-refractivity contribution in [1.82, 2.24) is 10.3 Å². The number of fused-ring (bicyclic) bond motifs is 2. The zero-order chi connectivity index (χ0) is 18.9. The van der Waals surface area contributed by atoms with Gasteiger partial charge in [0.15, 0.2) is 0 Å². The molecule has 2 heterocycles. The van der Waals surface area contributed by atoms with Crippen LogP contribution in [0, 0.1) is 0 Å². The van der Waals surface area contributed by atoms with Crippen molar-refractivity contribution in [1.29, 1.82) is 0 Å². The van der Waals surface area contributed by atoms with Gasteiger partial charge in [0.25, 0.3) is 5.91 Å². The molecule has 0 bridgehead atoms. The Morgan fingerprint density at radius 1 is 1.04 bits per heavy atom. The van der Waals surface area contributed by atoms with Crippen molar-refractivity contribution in [2.24, 2.45) is 0 Å². The lowest BCUT2D eigenvalue weighted by Crippen LogP contribution is -2.24. The standard InChI is InChI=1S/C24H20N2O2/c27-24(25-13-16-9-10-17-7-4-8-19(17)11-16)22-12-20-14-28-15-21(20)23(26-22)18-5-2-1-3-6-18/h1-6,8-12H,7,13-15H2,(H,25,27). The normalized spacial score (nSPS) is 14.0. The van der Waals surface area contributed by atoms with Gasteiger partial charge in [-0.25, -0.2) is 4.98 Å². The molecule has 5 rings (SSSR count). The van der Waals surface area contributed by atoms with Gasteiger partial charge in [0, 0.05) is 17.7 Å². The average Bonchev–Trinajstić information content (AvgIpc) is 3.40. The van der Waals surface area contributed by atoms with Gasteiger partial charge in [0.05, 0.1) is 18.9 Å². The molecule has 1 N–H and O–H groups in total. The van der Waals surface area contributed by atoms with Gasteiger partial charge in [0.2, 0.25) is 0 Å². The predicted molar refractivity (Wildman–Crippen MR) is 109 cm³/mol. The second kappa shape index (κ2) is 7.06. The molecule has 1 aliphatic carbocycles. The Balaban J connectivity index is 1.40. The van der Waals surface area contributed by atoms with Crippen LogP contribution >= 0.6 is 0 Å². The number of nitrogens with zero attached hydrogens (tertiary/aromatic N) is 1. The molecule has 0 atom stereocenters. The maximum Gasteiger partial charge on any atom is 0.270 e. The van der Waals surface area contributed by atoms with Gasteiger partial charge >= 0.3 is 0 Å². The molecule has 1 aromatic heterocycles. The Labute approximate surface area is 163 Å². The van der Waals surface area contributed by atoms with Crippen LogP contribution in [0.5, 0.6) is 0 Å². The Kier molecular flexibility index (Phi) is 4.26. The number of nitrogens with one attached hydrogen (secondary N) is 1. The quantitative estimate of drug-likeness (QED) is 0.748. The van der Waals surface area contributed by atoms with Gasteiger partial charge in [-0.15, -0.1) is 0 Å². The minimum Gasteiger partial charge on any atom is -0.372 e. The molecule has 4 nitrogen and oxygen atoms in total. The Morgan fingerprint density at radius 3 is 2.82 bits per heavy atom.